The number of amides is 1. The lowest BCUT2D eigenvalue weighted by Gasteiger charge is -2.15. The van der Waals surface area contributed by atoms with E-state index in [9.17, 15) is 14.4 Å². The van der Waals surface area contributed by atoms with Crippen LogP contribution in [0.5, 0.6) is 11.5 Å². The number of carboxylic acid groups (broad SMARTS) is 1. The molecule has 2 aromatic carbocycles. The lowest BCUT2D eigenvalue weighted by molar-refractivity contribution is -0.144. The van der Waals surface area contributed by atoms with Crippen molar-refractivity contribution in [2.75, 3.05) is 11.5 Å². The second-order valence-corrected chi connectivity index (χ2v) is 9.84. The number of anilines is 1. The number of para-hydroxylation sites is 1. The number of hydrogen-bond donors (Lipinski definition) is 1. The van der Waals surface area contributed by atoms with E-state index in [0.717, 1.165) is 11.8 Å². The fraction of sp³-hybridized carbons (Fsp3) is 0.231. The summed E-state index contributed by atoms with van der Waals surface area (Å²) in [5, 5.41) is 9.15. The zero-order valence-electron chi connectivity index (χ0n) is 20.6. The van der Waals surface area contributed by atoms with Gasteiger partial charge in [0.2, 0.25) is 0 Å². The van der Waals surface area contributed by atoms with Gasteiger partial charge in [0, 0.05) is 7.05 Å². The fourth-order valence-corrected chi connectivity index (χ4v) is 5.12. The van der Waals surface area contributed by atoms with Crippen molar-refractivity contribution in [1.82, 2.24) is 9.36 Å². The highest BCUT2D eigenvalue weighted by Crippen LogP contribution is 2.37. The van der Waals surface area contributed by atoms with Gasteiger partial charge in [-0.2, -0.15) is 0 Å². The Hall–Kier alpha value is -3.83. The minimum absolute atomic E-state index is 0.207. The molecule has 192 valence electrons. The molecule has 0 bridgehead atoms. The molecule has 0 aliphatic carbocycles. The number of aromatic nitrogens is 2. The van der Waals surface area contributed by atoms with Crippen LogP contribution in [-0.4, -0.2) is 43.4 Å². The van der Waals surface area contributed by atoms with E-state index in [2.05, 4.69) is 0 Å². The Morgan fingerprint density at radius 1 is 1.16 bits per heavy atom. The van der Waals surface area contributed by atoms with Gasteiger partial charge in [0.05, 0.1) is 22.9 Å². The average Bonchev–Trinajstić information content (AvgIpc) is 3.25. The number of nitrogens with zero attached hydrogens (tertiary/aromatic N) is 3. The van der Waals surface area contributed by atoms with Crippen molar-refractivity contribution >= 4 is 51.9 Å². The van der Waals surface area contributed by atoms with Crippen LogP contribution in [0.15, 0.2) is 58.2 Å². The monoisotopic (exact) mass is 539 g/mol. The second kappa shape index (κ2) is 10.7. The molecule has 1 aliphatic heterocycles. The smallest absolute Gasteiger partial charge is 0.344 e. The van der Waals surface area contributed by atoms with E-state index in [1.165, 1.54) is 16.5 Å². The van der Waals surface area contributed by atoms with Crippen molar-refractivity contribution < 1.29 is 24.2 Å². The molecule has 11 heteroatoms. The molecule has 1 N–H and O–H groups in total. The van der Waals surface area contributed by atoms with Gasteiger partial charge in [0.1, 0.15) is 5.69 Å². The lowest BCUT2D eigenvalue weighted by Crippen LogP contribution is -2.33. The molecule has 1 fully saturated rings. The molecule has 37 heavy (non-hydrogen) atoms. The summed E-state index contributed by atoms with van der Waals surface area (Å²) in [6, 6.07) is 14.1. The van der Waals surface area contributed by atoms with Crippen LogP contribution < -0.4 is 19.9 Å². The van der Waals surface area contributed by atoms with E-state index >= 15 is 0 Å². The van der Waals surface area contributed by atoms with Crippen LogP contribution in [0.3, 0.4) is 0 Å². The molecule has 0 spiro atoms. The van der Waals surface area contributed by atoms with Gasteiger partial charge in [0.15, 0.2) is 21.9 Å². The van der Waals surface area contributed by atoms with Gasteiger partial charge in [-0.15, -0.1) is 0 Å². The van der Waals surface area contributed by atoms with Crippen molar-refractivity contribution in [2.24, 2.45) is 7.05 Å². The molecule has 0 radical (unpaired) electrons. The highest BCUT2D eigenvalue weighted by atomic mass is 32.2. The number of carbonyl (C=O) groups excluding carboxylic acids is 1. The number of carbonyl (C=O) groups is 2. The number of benzene rings is 2. The minimum atomic E-state index is -1.10. The molecule has 1 atom stereocenters. The third-order valence-electron chi connectivity index (χ3n) is 5.76. The molecule has 0 saturated carbocycles. The van der Waals surface area contributed by atoms with E-state index < -0.39 is 18.0 Å². The molecule has 2 heterocycles. The molecular weight excluding hydrogens is 514 g/mol. The molecule has 1 unspecified atom stereocenters. The number of carboxylic acids is 1. The lowest BCUT2D eigenvalue weighted by atomic mass is 10.1. The summed E-state index contributed by atoms with van der Waals surface area (Å²) in [6.45, 7) is 5.33. The SMILES string of the molecule is CCOc1cc(/C=C2/SC(=S)N(c3c(C)n(C)n(-c4ccccc4)c3=O)C2=O)ccc1OC(C)C(=O)O. The van der Waals surface area contributed by atoms with Crippen LogP contribution in [0.4, 0.5) is 5.69 Å². The Balaban J connectivity index is 1.69. The molecule has 9 nitrogen and oxygen atoms in total. The first-order valence-corrected chi connectivity index (χ1v) is 12.6. The molecule has 1 amide bonds. The number of hydrogen-bond acceptors (Lipinski definition) is 7. The minimum Gasteiger partial charge on any atom is -0.490 e. The average molecular weight is 540 g/mol. The molecule has 3 aromatic rings. The molecule has 1 saturated heterocycles. The summed E-state index contributed by atoms with van der Waals surface area (Å²) in [6.07, 6.45) is 0.593. The van der Waals surface area contributed by atoms with Crippen LogP contribution in [0.25, 0.3) is 11.8 Å². The summed E-state index contributed by atoms with van der Waals surface area (Å²) in [5.74, 6) is -0.871. The standard InChI is InChI=1S/C26H25N3O6S2/c1-5-34-20-13-17(11-12-19(20)35-16(3)25(32)33)14-21-23(30)28(26(36)37-21)22-15(2)27(4)29(24(22)31)18-9-7-6-8-10-18/h6-14,16H,5H2,1-4H3,(H,32,33)/b21-14+. The van der Waals surface area contributed by atoms with Gasteiger partial charge in [-0.1, -0.05) is 48.2 Å². The topological polar surface area (TPSA) is 103 Å². The van der Waals surface area contributed by atoms with Crippen LogP contribution in [0, 0.1) is 6.92 Å². The van der Waals surface area contributed by atoms with Gasteiger partial charge < -0.3 is 14.6 Å². The first-order valence-electron chi connectivity index (χ1n) is 11.4. The zero-order chi connectivity index (χ0) is 26.9. The van der Waals surface area contributed by atoms with E-state index in [1.54, 1.807) is 49.9 Å². The molecular formula is C26H25N3O6S2. The maximum Gasteiger partial charge on any atom is 0.344 e. The zero-order valence-corrected chi connectivity index (χ0v) is 22.3. The Labute approximate surface area is 222 Å². The third-order valence-corrected chi connectivity index (χ3v) is 7.06. The van der Waals surface area contributed by atoms with Gasteiger partial charge in [0.25, 0.3) is 11.5 Å². The maximum atomic E-state index is 13.5. The Morgan fingerprint density at radius 3 is 2.51 bits per heavy atom. The molecule has 1 aromatic heterocycles. The fourth-order valence-electron chi connectivity index (χ4n) is 3.84. The highest BCUT2D eigenvalue weighted by Gasteiger charge is 2.37. The summed E-state index contributed by atoms with van der Waals surface area (Å²) in [7, 11) is 1.75. The summed E-state index contributed by atoms with van der Waals surface area (Å²) >= 11 is 6.61. The van der Waals surface area contributed by atoms with E-state index in [1.807, 2.05) is 30.3 Å². The van der Waals surface area contributed by atoms with Crippen LogP contribution >= 0.6 is 24.0 Å². The first kappa shape index (κ1) is 26.2. The van der Waals surface area contributed by atoms with Gasteiger partial charge in [-0.3, -0.25) is 19.2 Å². The summed E-state index contributed by atoms with van der Waals surface area (Å²) in [5.41, 5.74) is 1.76. The van der Waals surface area contributed by atoms with Crippen molar-refractivity contribution in [3.05, 3.63) is 75.0 Å². The second-order valence-electron chi connectivity index (χ2n) is 8.16. The van der Waals surface area contributed by atoms with Gasteiger partial charge in [-0.25, -0.2) is 9.48 Å². The highest BCUT2D eigenvalue weighted by molar-refractivity contribution is 8.27. The van der Waals surface area contributed by atoms with Gasteiger partial charge >= 0.3 is 5.97 Å². The largest absolute Gasteiger partial charge is 0.490 e. The number of ether oxygens (including phenoxy) is 2. The normalized spacial score (nSPS) is 15.4. The van der Waals surface area contributed by atoms with Gasteiger partial charge in [-0.05, 0) is 56.7 Å². The summed E-state index contributed by atoms with van der Waals surface area (Å²) in [4.78, 5) is 39.7. The predicted octanol–water partition coefficient (Wildman–Crippen LogP) is 4.14. The first-order chi connectivity index (χ1) is 17.6. The Morgan fingerprint density at radius 2 is 1.86 bits per heavy atom. The Kier molecular flexibility index (Phi) is 7.55. The number of aliphatic carboxylic acids is 1. The number of rotatable bonds is 8. The van der Waals surface area contributed by atoms with E-state index in [4.69, 9.17) is 26.8 Å². The number of thiocarbonyl (C=S) groups is 1. The third kappa shape index (κ3) is 5.05. The number of thioether (sulfide) groups is 1. The van der Waals surface area contributed by atoms with Crippen molar-refractivity contribution in [3.63, 3.8) is 0 Å². The molecule has 4 rings (SSSR count). The maximum absolute atomic E-state index is 13.5. The Bertz CT molecular complexity index is 1480. The summed E-state index contributed by atoms with van der Waals surface area (Å²) < 4.78 is 14.6. The van der Waals surface area contributed by atoms with Crippen LogP contribution in [0.2, 0.25) is 0 Å². The quantitative estimate of drug-likeness (QED) is 0.337. The van der Waals surface area contributed by atoms with Crippen LogP contribution in [0.1, 0.15) is 25.1 Å². The van der Waals surface area contributed by atoms with Crippen molar-refractivity contribution in [1.29, 1.82) is 0 Å². The van der Waals surface area contributed by atoms with E-state index in [0.29, 0.717) is 34.2 Å². The molecule has 1 aliphatic rings. The predicted molar refractivity (Wildman–Crippen MR) is 147 cm³/mol. The van der Waals surface area contributed by atoms with Crippen LogP contribution in [-0.2, 0) is 16.6 Å². The van der Waals surface area contributed by atoms with E-state index in [-0.39, 0.29) is 21.3 Å². The van der Waals surface area contributed by atoms with Crippen molar-refractivity contribution in [3.8, 4) is 17.2 Å². The van der Waals surface area contributed by atoms with Crippen molar-refractivity contribution in [2.45, 2.75) is 26.9 Å².